The van der Waals surface area contributed by atoms with Crippen molar-refractivity contribution in [3.05, 3.63) is 29.6 Å². The first-order chi connectivity index (χ1) is 11.8. The standard InChI is InChI=1S/C16H23N7O/c1-24-11-15-17-7-6-14(18-15)12-3-2-8-22(9-12)10-16-19-20-21-23(16)13-4-5-13/h6-7,12-13H,2-5,8-11H2,1H3/t12-/m1/s1. The number of methoxy groups -OCH3 is 1. The molecule has 2 aromatic rings. The van der Waals surface area contributed by atoms with Crippen LogP contribution in [0.25, 0.3) is 0 Å². The van der Waals surface area contributed by atoms with Gasteiger partial charge in [-0.05, 0) is 48.7 Å². The minimum Gasteiger partial charge on any atom is -0.377 e. The Morgan fingerprint density at radius 2 is 2.21 bits per heavy atom. The quantitative estimate of drug-likeness (QED) is 0.790. The van der Waals surface area contributed by atoms with Crippen LogP contribution in [0.2, 0.25) is 0 Å². The van der Waals surface area contributed by atoms with Gasteiger partial charge in [-0.25, -0.2) is 14.6 Å². The molecule has 1 aliphatic carbocycles. The van der Waals surface area contributed by atoms with Crippen molar-refractivity contribution in [2.75, 3.05) is 20.2 Å². The van der Waals surface area contributed by atoms with Crippen LogP contribution in [0.15, 0.2) is 12.3 Å². The summed E-state index contributed by atoms with van der Waals surface area (Å²) in [6.45, 7) is 3.35. The lowest BCUT2D eigenvalue weighted by atomic mass is 9.94. The van der Waals surface area contributed by atoms with Crippen LogP contribution >= 0.6 is 0 Å². The summed E-state index contributed by atoms with van der Waals surface area (Å²) < 4.78 is 7.15. The van der Waals surface area contributed by atoms with Crippen LogP contribution in [-0.2, 0) is 17.9 Å². The molecule has 1 saturated heterocycles. The summed E-state index contributed by atoms with van der Waals surface area (Å²) in [6.07, 6.45) is 6.56. The Balaban J connectivity index is 1.43. The molecule has 4 rings (SSSR count). The molecule has 1 saturated carbocycles. The van der Waals surface area contributed by atoms with Crippen LogP contribution < -0.4 is 0 Å². The zero-order chi connectivity index (χ0) is 16.4. The number of rotatable bonds is 6. The van der Waals surface area contributed by atoms with Crippen molar-refractivity contribution >= 4 is 0 Å². The number of likely N-dealkylation sites (tertiary alicyclic amines) is 1. The molecule has 2 aromatic heterocycles. The highest BCUT2D eigenvalue weighted by Crippen LogP contribution is 2.35. The van der Waals surface area contributed by atoms with Crippen molar-refractivity contribution in [2.24, 2.45) is 0 Å². The minimum atomic E-state index is 0.433. The van der Waals surface area contributed by atoms with Gasteiger partial charge in [0.1, 0.15) is 6.61 Å². The van der Waals surface area contributed by atoms with Crippen LogP contribution in [0.3, 0.4) is 0 Å². The number of nitrogens with zero attached hydrogens (tertiary/aromatic N) is 7. The minimum absolute atomic E-state index is 0.433. The Hall–Kier alpha value is -1.93. The molecule has 2 aliphatic rings. The van der Waals surface area contributed by atoms with Crippen molar-refractivity contribution in [3.8, 4) is 0 Å². The first kappa shape index (κ1) is 15.6. The van der Waals surface area contributed by atoms with Gasteiger partial charge in [0, 0.05) is 31.5 Å². The van der Waals surface area contributed by atoms with Crippen molar-refractivity contribution in [1.29, 1.82) is 0 Å². The largest absolute Gasteiger partial charge is 0.377 e. The molecule has 2 fully saturated rings. The van der Waals surface area contributed by atoms with Gasteiger partial charge >= 0.3 is 0 Å². The Morgan fingerprint density at radius 3 is 3.04 bits per heavy atom. The highest BCUT2D eigenvalue weighted by atomic mass is 16.5. The average molecular weight is 329 g/mol. The van der Waals surface area contributed by atoms with Crippen LogP contribution in [-0.4, -0.2) is 55.3 Å². The van der Waals surface area contributed by atoms with E-state index >= 15 is 0 Å². The van der Waals surface area contributed by atoms with E-state index in [1.54, 1.807) is 7.11 Å². The number of piperidine rings is 1. The highest BCUT2D eigenvalue weighted by molar-refractivity contribution is 5.10. The normalized spacial score (nSPS) is 22.0. The second-order valence-electron chi connectivity index (χ2n) is 6.68. The predicted molar refractivity (Wildman–Crippen MR) is 86.1 cm³/mol. The topological polar surface area (TPSA) is 81.9 Å². The van der Waals surface area contributed by atoms with Gasteiger partial charge in [0.15, 0.2) is 11.6 Å². The lowest BCUT2D eigenvalue weighted by Gasteiger charge is -2.32. The van der Waals surface area contributed by atoms with E-state index in [9.17, 15) is 0 Å². The van der Waals surface area contributed by atoms with E-state index in [0.717, 1.165) is 43.4 Å². The first-order valence-electron chi connectivity index (χ1n) is 8.63. The lowest BCUT2D eigenvalue weighted by Crippen LogP contribution is -2.35. The van der Waals surface area contributed by atoms with Gasteiger partial charge in [-0.2, -0.15) is 0 Å². The Morgan fingerprint density at radius 1 is 1.29 bits per heavy atom. The molecular formula is C16H23N7O. The summed E-state index contributed by atoms with van der Waals surface area (Å²) >= 11 is 0. The lowest BCUT2D eigenvalue weighted by molar-refractivity contribution is 0.175. The molecule has 0 N–H and O–H groups in total. The van der Waals surface area contributed by atoms with E-state index in [-0.39, 0.29) is 0 Å². The van der Waals surface area contributed by atoms with E-state index in [2.05, 4.69) is 30.4 Å². The molecule has 0 unspecified atom stereocenters. The van der Waals surface area contributed by atoms with Crippen LogP contribution in [0.1, 0.15) is 55.0 Å². The first-order valence-corrected chi connectivity index (χ1v) is 8.63. The molecule has 0 aromatic carbocycles. The third kappa shape index (κ3) is 3.44. The van der Waals surface area contributed by atoms with Gasteiger partial charge in [0.25, 0.3) is 0 Å². The summed E-state index contributed by atoms with van der Waals surface area (Å²) in [5.41, 5.74) is 1.11. The molecule has 8 nitrogen and oxygen atoms in total. The second-order valence-corrected chi connectivity index (χ2v) is 6.68. The fraction of sp³-hybridized carbons (Fsp3) is 0.688. The van der Waals surface area contributed by atoms with E-state index in [1.807, 2.05) is 16.9 Å². The smallest absolute Gasteiger partial charge is 0.165 e. The molecule has 0 amide bonds. The maximum absolute atomic E-state index is 5.14. The molecular weight excluding hydrogens is 306 g/mol. The van der Waals surface area contributed by atoms with Gasteiger partial charge in [0.05, 0.1) is 12.6 Å². The molecule has 3 heterocycles. The number of hydrogen-bond donors (Lipinski definition) is 0. The average Bonchev–Trinajstić information content (AvgIpc) is 3.35. The fourth-order valence-electron chi connectivity index (χ4n) is 3.40. The van der Waals surface area contributed by atoms with Gasteiger partial charge in [-0.15, -0.1) is 5.10 Å². The zero-order valence-corrected chi connectivity index (χ0v) is 14.0. The second kappa shape index (κ2) is 6.90. The van der Waals surface area contributed by atoms with Crippen molar-refractivity contribution in [1.82, 2.24) is 35.1 Å². The van der Waals surface area contributed by atoms with Crippen molar-refractivity contribution in [2.45, 2.75) is 50.8 Å². The molecule has 1 atom stereocenters. The van der Waals surface area contributed by atoms with Crippen LogP contribution in [0, 0.1) is 0 Å². The molecule has 1 aliphatic heterocycles. The summed E-state index contributed by atoms with van der Waals surface area (Å²) in [4.78, 5) is 11.4. The number of ether oxygens (including phenoxy) is 1. The summed E-state index contributed by atoms with van der Waals surface area (Å²) in [5.74, 6) is 2.17. The number of aromatic nitrogens is 6. The molecule has 24 heavy (non-hydrogen) atoms. The fourth-order valence-corrected chi connectivity index (χ4v) is 3.40. The van der Waals surface area contributed by atoms with Gasteiger partial charge in [-0.3, -0.25) is 4.90 Å². The van der Waals surface area contributed by atoms with Crippen molar-refractivity contribution < 1.29 is 4.74 Å². The Labute approximate surface area is 141 Å². The van der Waals surface area contributed by atoms with E-state index in [1.165, 1.54) is 19.3 Å². The predicted octanol–water partition coefficient (Wildman–Crippen LogP) is 1.32. The summed E-state index contributed by atoms with van der Waals surface area (Å²) in [7, 11) is 1.67. The van der Waals surface area contributed by atoms with Gasteiger partial charge < -0.3 is 4.74 Å². The van der Waals surface area contributed by atoms with Gasteiger partial charge in [0.2, 0.25) is 0 Å². The Bertz CT molecular complexity index is 685. The van der Waals surface area contributed by atoms with Crippen molar-refractivity contribution in [3.63, 3.8) is 0 Å². The zero-order valence-electron chi connectivity index (χ0n) is 14.0. The third-order valence-electron chi connectivity index (χ3n) is 4.74. The SMILES string of the molecule is COCc1nccc([C@@H]2CCCN(Cc3nnnn3C3CC3)C2)n1. The van der Waals surface area contributed by atoms with Crippen LogP contribution in [0.5, 0.6) is 0 Å². The molecule has 0 radical (unpaired) electrons. The monoisotopic (exact) mass is 329 g/mol. The summed E-state index contributed by atoms with van der Waals surface area (Å²) in [6, 6.07) is 2.55. The number of hydrogen-bond acceptors (Lipinski definition) is 7. The molecule has 0 spiro atoms. The molecule has 0 bridgehead atoms. The van der Waals surface area contributed by atoms with Gasteiger partial charge in [-0.1, -0.05) is 0 Å². The van der Waals surface area contributed by atoms with Crippen LogP contribution in [0.4, 0.5) is 0 Å². The third-order valence-corrected chi connectivity index (χ3v) is 4.74. The van der Waals surface area contributed by atoms with E-state index in [4.69, 9.17) is 4.74 Å². The summed E-state index contributed by atoms with van der Waals surface area (Å²) in [5, 5.41) is 12.2. The number of tetrazole rings is 1. The van der Waals surface area contributed by atoms with E-state index in [0.29, 0.717) is 18.6 Å². The maximum Gasteiger partial charge on any atom is 0.165 e. The maximum atomic E-state index is 5.14. The molecule has 128 valence electrons. The molecule has 8 heteroatoms. The van der Waals surface area contributed by atoms with E-state index < -0.39 is 0 Å². The Kier molecular flexibility index (Phi) is 4.48. The highest BCUT2D eigenvalue weighted by Gasteiger charge is 2.29.